The largest absolute Gasteiger partial charge is 0.478 e. The first-order chi connectivity index (χ1) is 13.2. The van der Waals surface area contributed by atoms with Crippen LogP contribution in [-0.4, -0.2) is 32.6 Å². The average molecular weight is 427 g/mol. The van der Waals surface area contributed by atoms with E-state index in [4.69, 9.17) is 11.6 Å². The molecule has 2 aromatic carbocycles. The molecule has 1 aliphatic rings. The summed E-state index contributed by atoms with van der Waals surface area (Å²) >= 11 is 5.84. The molecule has 0 amide bonds. The monoisotopic (exact) mass is 426 g/mol. The topological polar surface area (TPSA) is 86.7 Å². The highest BCUT2D eigenvalue weighted by Gasteiger charge is 2.23. The van der Waals surface area contributed by atoms with Gasteiger partial charge in [-0.2, -0.15) is 0 Å². The minimum absolute atomic E-state index is 0.0815. The number of halogens is 2. The van der Waals surface area contributed by atoms with E-state index in [1.165, 1.54) is 12.1 Å². The predicted molar refractivity (Wildman–Crippen MR) is 106 cm³/mol. The Bertz CT molecular complexity index is 1000. The van der Waals surface area contributed by atoms with E-state index < -0.39 is 21.8 Å². The SMILES string of the molecule is CC1CCN(c2ccc(NS(=O)(=O)c3ccc(F)cc3Cl)c(C(=O)O)c2)CC1. The zero-order valence-corrected chi connectivity index (χ0v) is 16.7. The Labute approximate surface area is 168 Å². The van der Waals surface area contributed by atoms with Crippen LogP contribution in [0.2, 0.25) is 5.02 Å². The molecule has 28 heavy (non-hydrogen) atoms. The third-order valence-electron chi connectivity index (χ3n) is 4.81. The Morgan fingerprint density at radius 1 is 1.21 bits per heavy atom. The van der Waals surface area contributed by atoms with Gasteiger partial charge in [-0.3, -0.25) is 4.72 Å². The number of hydrogen-bond acceptors (Lipinski definition) is 4. The predicted octanol–water partition coefficient (Wildman–Crippen LogP) is 4.21. The van der Waals surface area contributed by atoms with Gasteiger partial charge in [0.25, 0.3) is 10.0 Å². The van der Waals surface area contributed by atoms with Gasteiger partial charge in [0.2, 0.25) is 0 Å². The maximum absolute atomic E-state index is 13.2. The van der Waals surface area contributed by atoms with E-state index in [2.05, 4.69) is 16.5 Å². The molecule has 0 bridgehead atoms. The van der Waals surface area contributed by atoms with Gasteiger partial charge >= 0.3 is 5.97 Å². The molecule has 0 aromatic heterocycles. The van der Waals surface area contributed by atoms with Crippen LogP contribution in [0.4, 0.5) is 15.8 Å². The van der Waals surface area contributed by atoms with Crippen molar-refractivity contribution in [3.05, 3.63) is 52.8 Å². The summed E-state index contributed by atoms with van der Waals surface area (Å²) < 4.78 is 40.7. The van der Waals surface area contributed by atoms with E-state index in [9.17, 15) is 22.7 Å². The molecule has 150 valence electrons. The maximum atomic E-state index is 13.2. The third kappa shape index (κ3) is 4.39. The van der Waals surface area contributed by atoms with Crippen LogP contribution >= 0.6 is 11.6 Å². The zero-order valence-electron chi connectivity index (χ0n) is 15.2. The number of piperidine rings is 1. The molecule has 2 aromatic rings. The second-order valence-electron chi connectivity index (χ2n) is 6.88. The number of benzene rings is 2. The van der Waals surface area contributed by atoms with Gasteiger partial charge in [0.15, 0.2) is 0 Å². The van der Waals surface area contributed by atoms with Gasteiger partial charge in [-0.05, 0) is 55.2 Å². The second kappa shape index (κ2) is 7.97. The molecule has 1 heterocycles. The Balaban J connectivity index is 1.92. The van der Waals surface area contributed by atoms with Crippen molar-refractivity contribution in [2.75, 3.05) is 22.7 Å². The smallest absolute Gasteiger partial charge is 0.337 e. The lowest BCUT2D eigenvalue weighted by molar-refractivity contribution is 0.0698. The fourth-order valence-electron chi connectivity index (χ4n) is 3.15. The third-order valence-corrected chi connectivity index (χ3v) is 6.66. The van der Waals surface area contributed by atoms with Crippen molar-refractivity contribution in [1.29, 1.82) is 0 Å². The normalized spacial score (nSPS) is 15.5. The molecule has 0 radical (unpaired) electrons. The van der Waals surface area contributed by atoms with Crippen molar-refractivity contribution in [2.24, 2.45) is 5.92 Å². The Morgan fingerprint density at radius 3 is 2.50 bits per heavy atom. The molecule has 0 saturated carbocycles. The molecule has 0 aliphatic carbocycles. The molecule has 2 N–H and O–H groups in total. The van der Waals surface area contributed by atoms with Crippen LogP contribution in [0.1, 0.15) is 30.1 Å². The summed E-state index contributed by atoms with van der Waals surface area (Å²) in [7, 11) is -4.19. The van der Waals surface area contributed by atoms with Crippen LogP contribution in [0.3, 0.4) is 0 Å². The molecular formula is C19H20ClFN2O4S. The molecule has 0 spiro atoms. The van der Waals surface area contributed by atoms with Gasteiger partial charge in [-0.1, -0.05) is 18.5 Å². The van der Waals surface area contributed by atoms with Crippen LogP contribution in [0.5, 0.6) is 0 Å². The summed E-state index contributed by atoms with van der Waals surface area (Å²) in [5.74, 6) is -1.30. The molecule has 1 saturated heterocycles. The van der Waals surface area contributed by atoms with Gasteiger partial charge in [-0.25, -0.2) is 17.6 Å². The number of carboxylic acid groups (broad SMARTS) is 1. The highest BCUT2D eigenvalue weighted by Crippen LogP contribution is 2.30. The lowest BCUT2D eigenvalue weighted by Crippen LogP contribution is -2.32. The number of carbonyl (C=O) groups is 1. The summed E-state index contributed by atoms with van der Waals surface area (Å²) in [5.41, 5.74) is 0.479. The van der Waals surface area contributed by atoms with Crippen molar-refractivity contribution in [1.82, 2.24) is 0 Å². The van der Waals surface area contributed by atoms with Crippen LogP contribution in [0.25, 0.3) is 0 Å². The Morgan fingerprint density at radius 2 is 1.89 bits per heavy atom. The highest BCUT2D eigenvalue weighted by atomic mass is 35.5. The number of nitrogens with zero attached hydrogens (tertiary/aromatic N) is 1. The number of aromatic carboxylic acids is 1. The average Bonchev–Trinajstić information content (AvgIpc) is 2.62. The standard InChI is InChI=1S/C19H20ClFN2O4S/c1-12-6-8-23(9-7-12)14-3-4-17(15(11-14)19(24)25)22-28(26,27)18-5-2-13(21)10-16(18)20/h2-5,10-12,22H,6-9H2,1H3,(H,24,25). The molecule has 3 rings (SSSR count). The highest BCUT2D eigenvalue weighted by molar-refractivity contribution is 7.92. The van der Waals surface area contributed by atoms with Crippen molar-refractivity contribution in [2.45, 2.75) is 24.7 Å². The summed E-state index contributed by atoms with van der Waals surface area (Å²) in [6.07, 6.45) is 2.03. The number of sulfonamides is 1. The minimum Gasteiger partial charge on any atom is -0.478 e. The van der Waals surface area contributed by atoms with E-state index >= 15 is 0 Å². The second-order valence-corrected chi connectivity index (χ2v) is 8.94. The molecule has 9 heteroatoms. The van der Waals surface area contributed by atoms with E-state index in [-0.39, 0.29) is 21.2 Å². The van der Waals surface area contributed by atoms with Gasteiger partial charge in [0.1, 0.15) is 10.7 Å². The van der Waals surface area contributed by atoms with Crippen molar-refractivity contribution < 1.29 is 22.7 Å². The lowest BCUT2D eigenvalue weighted by atomic mass is 9.98. The molecule has 1 aliphatic heterocycles. The van der Waals surface area contributed by atoms with Crippen LogP contribution in [0, 0.1) is 11.7 Å². The van der Waals surface area contributed by atoms with Crippen LogP contribution in [-0.2, 0) is 10.0 Å². The van der Waals surface area contributed by atoms with E-state index in [0.717, 1.165) is 49.8 Å². The summed E-state index contributed by atoms with van der Waals surface area (Å²) in [6, 6.07) is 7.46. The Kier molecular flexibility index (Phi) is 5.81. The van der Waals surface area contributed by atoms with Crippen molar-refractivity contribution >= 4 is 39.0 Å². The van der Waals surface area contributed by atoms with E-state index in [1.54, 1.807) is 6.07 Å². The maximum Gasteiger partial charge on any atom is 0.337 e. The van der Waals surface area contributed by atoms with Crippen molar-refractivity contribution in [3.63, 3.8) is 0 Å². The van der Waals surface area contributed by atoms with Crippen LogP contribution in [0.15, 0.2) is 41.3 Å². The summed E-state index contributed by atoms with van der Waals surface area (Å²) in [6.45, 7) is 3.81. The van der Waals surface area contributed by atoms with Gasteiger partial charge in [0, 0.05) is 18.8 Å². The summed E-state index contributed by atoms with van der Waals surface area (Å²) in [5, 5.41) is 9.27. The molecule has 1 fully saturated rings. The minimum atomic E-state index is -4.19. The van der Waals surface area contributed by atoms with Gasteiger partial charge < -0.3 is 10.0 Å². The first-order valence-electron chi connectivity index (χ1n) is 8.77. The van der Waals surface area contributed by atoms with Crippen molar-refractivity contribution in [3.8, 4) is 0 Å². The fraction of sp³-hybridized carbons (Fsp3) is 0.316. The summed E-state index contributed by atoms with van der Waals surface area (Å²) in [4.78, 5) is 13.5. The first kappa shape index (κ1) is 20.4. The quantitative estimate of drug-likeness (QED) is 0.747. The fourth-order valence-corrected chi connectivity index (χ4v) is 4.77. The number of carboxylic acids is 1. The number of anilines is 2. The van der Waals surface area contributed by atoms with E-state index in [0.29, 0.717) is 5.92 Å². The molecule has 0 atom stereocenters. The molecule has 0 unspecified atom stereocenters. The number of hydrogen-bond donors (Lipinski definition) is 2. The van der Waals surface area contributed by atoms with E-state index in [1.807, 2.05) is 0 Å². The Hall–Kier alpha value is -2.32. The van der Waals surface area contributed by atoms with Gasteiger partial charge in [0.05, 0.1) is 16.3 Å². The molecular weight excluding hydrogens is 407 g/mol. The molecule has 6 nitrogen and oxygen atoms in total. The number of rotatable bonds is 5. The first-order valence-corrected chi connectivity index (χ1v) is 10.6. The van der Waals surface area contributed by atoms with Crippen LogP contribution < -0.4 is 9.62 Å². The number of nitrogens with one attached hydrogen (secondary N) is 1. The van der Waals surface area contributed by atoms with Gasteiger partial charge in [-0.15, -0.1) is 0 Å². The lowest BCUT2D eigenvalue weighted by Gasteiger charge is -2.32. The zero-order chi connectivity index (χ0) is 20.5.